The first-order chi connectivity index (χ1) is 14.3. The van der Waals surface area contributed by atoms with Gasteiger partial charge in [0.15, 0.2) is 0 Å². The predicted molar refractivity (Wildman–Crippen MR) is 116 cm³/mol. The number of carbonyl (C=O) groups excluding carboxylic acids is 1. The Kier molecular flexibility index (Phi) is 7.61. The smallest absolute Gasteiger partial charge is 0.223 e. The number of halogens is 1. The number of hydrogen-bond acceptors (Lipinski definition) is 3. The minimum absolute atomic E-state index is 0.00642. The van der Waals surface area contributed by atoms with Gasteiger partial charge in [-0.3, -0.25) is 4.79 Å². The van der Waals surface area contributed by atoms with Gasteiger partial charge in [-0.1, -0.05) is 42.0 Å². The number of amides is 1. The summed E-state index contributed by atoms with van der Waals surface area (Å²) in [5.41, 5.74) is 2.92. The molecular weight excluding hydrogens is 403 g/mol. The molecule has 1 aliphatic rings. The van der Waals surface area contributed by atoms with Crippen molar-refractivity contribution in [1.82, 2.24) is 9.62 Å². The van der Waals surface area contributed by atoms with E-state index >= 15 is 0 Å². The van der Waals surface area contributed by atoms with Crippen LogP contribution < -0.4 is 5.32 Å². The van der Waals surface area contributed by atoms with Crippen LogP contribution in [0.25, 0.3) is 0 Å². The molecule has 0 aromatic heterocycles. The largest absolute Gasteiger partial charge is 0.356 e. The van der Waals surface area contributed by atoms with E-state index in [1.54, 1.807) is 12.1 Å². The summed E-state index contributed by atoms with van der Waals surface area (Å²) in [5.74, 6) is -0.418. The lowest BCUT2D eigenvalue weighted by atomic mass is 9.97. The van der Waals surface area contributed by atoms with Gasteiger partial charge in [-0.05, 0) is 55.9 Å². The van der Waals surface area contributed by atoms with Crippen molar-refractivity contribution >= 4 is 15.9 Å². The Labute approximate surface area is 178 Å². The van der Waals surface area contributed by atoms with Crippen molar-refractivity contribution in [3.63, 3.8) is 0 Å². The zero-order valence-corrected chi connectivity index (χ0v) is 18.1. The number of hydrogen-bond donors (Lipinski definition) is 1. The van der Waals surface area contributed by atoms with E-state index < -0.39 is 10.0 Å². The molecule has 0 aliphatic carbocycles. The van der Waals surface area contributed by atoms with Crippen LogP contribution in [-0.2, 0) is 27.0 Å². The fraction of sp³-hybridized carbons (Fsp3) is 0.435. The molecule has 0 unspecified atom stereocenters. The average molecular weight is 433 g/mol. The lowest BCUT2D eigenvalue weighted by Crippen LogP contribution is -2.43. The number of nitrogens with one attached hydrogen (secondary N) is 1. The van der Waals surface area contributed by atoms with Crippen molar-refractivity contribution in [2.75, 3.05) is 19.6 Å². The number of aryl methyl sites for hydroxylation is 2. The monoisotopic (exact) mass is 432 g/mol. The summed E-state index contributed by atoms with van der Waals surface area (Å²) in [7, 11) is -3.38. The van der Waals surface area contributed by atoms with E-state index in [1.807, 2.05) is 31.2 Å². The molecule has 2 aromatic rings. The maximum absolute atomic E-state index is 12.9. The molecule has 7 heteroatoms. The Morgan fingerprint density at radius 3 is 2.27 bits per heavy atom. The van der Waals surface area contributed by atoms with E-state index in [1.165, 1.54) is 16.4 Å². The van der Waals surface area contributed by atoms with Crippen LogP contribution in [-0.4, -0.2) is 38.3 Å². The maximum Gasteiger partial charge on any atom is 0.223 e. The van der Waals surface area contributed by atoms with Gasteiger partial charge in [0, 0.05) is 25.6 Å². The second-order valence-electron chi connectivity index (χ2n) is 7.94. The summed E-state index contributed by atoms with van der Waals surface area (Å²) in [6.07, 6.45) is 2.63. The lowest BCUT2D eigenvalue weighted by molar-refractivity contribution is -0.126. The third kappa shape index (κ3) is 6.37. The van der Waals surface area contributed by atoms with Crippen LogP contribution in [0.3, 0.4) is 0 Å². The SMILES string of the molecule is Cc1ccc(CS(=O)(=O)N2CCC(C(=O)NCCCc3ccc(F)cc3)CC2)cc1. The van der Waals surface area contributed by atoms with Crippen LogP contribution in [0.4, 0.5) is 4.39 Å². The molecule has 1 heterocycles. The molecule has 2 aromatic carbocycles. The molecule has 1 amide bonds. The second-order valence-corrected chi connectivity index (χ2v) is 9.91. The zero-order valence-electron chi connectivity index (χ0n) is 17.3. The predicted octanol–water partition coefficient (Wildman–Crippen LogP) is 3.42. The van der Waals surface area contributed by atoms with Crippen molar-refractivity contribution in [2.45, 2.75) is 38.4 Å². The van der Waals surface area contributed by atoms with Crippen molar-refractivity contribution in [3.05, 3.63) is 71.0 Å². The Morgan fingerprint density at radius 2 is 1.63 bits per heavy atom. The summed E-state index contributed by atoms with van der Waals surface area (Å²) in [6.45, 7) is 3.28. The molecule has 162 valence electrons. The second kappa shape index (κ2) is 10.2. The van der Waals surface area contributed by atoms with E-state index in [9.17, 15) is 17.6 Å². The van der Waals surface area contributed by atoms with Crippen LogP contribution in [0.5, 0.6) is 0 Å². The number of sulfonamides is 1. The third-order valence-electron chi connectivity index (χ3n) is 5.54. The van der Waals surface area contributed by atoms with Crippen molar-refractivity contribution in [3.8, 4) is 0 Å². The van der Waals surface area contributed by atoms with Crippen molar-refractivity contribution in [2.24, 2.45) is 5.92 Å². The van der Waals surface area contributed by atoms with E-state index in [2.05, 4.69) is 5.32 Å². The minimum atomic E-state index is -3.38. The van der Waals surface area contributed by atoms with Crippen LogP contribution in [0.15, 0.2) is 48.5 Å². The fourth-order valence-corrected chi connectivity index (χ4v) is 5.25. The van der Waals surface area contributed by atoms with Crippen LogP contribution >= 0.6 is 0 Å². The molecule has 0 bridgehead atoms. The fourth-order valence-electron chi connectivity index (χ4n) is 3.68. The molecule has 1 aliphatic heterocycles. The molecule has 0 saturated carbocycles. The highest BCUT2D eigenvalue weighted by Crippen LogP contribution is 2.22. The highest BCUT2D eigenvalue weighted by atomic mass is 32.2. The molecule has 0 spiro atoms. The van der Waals surface area contributed by atoms with E-state index in [0.29, 0.717) is 32.5 Å². The Morgan fingerprint density at radius 1 is 1.03 bits per heavy atom. The molecular formula is C23H29FN2O3S. The first-order valence-electron chi connectivity index (χ1n) is 10.4. The Balaban J connectivity index is 1.40. The van der Waals surface area contributed by atoms with Gasteiger partial charge in [-0.15, -0.1) is 0 Å². The van der Waals surface area contributed by atoms with Gasteiger partial charge in [0.1, 0.15) is 5.82 Å². The van der Waals surface area contributed by atoms with Crippen LogP contribution in [0.2, 0.25) is 0 Å². The van der Waals surface area contributed by atoms with Gasteiger partial charge < -0.3 is 5.32 Å². The van der Waals surface area contributed by atoms with Crippen molar-refractivity contribution in [1.29, 1.82) is 0 Å². The van der Waals surface area contributed by atoms with Gasteiger partial charge in [0.05, 0.1) is 5.75 Å². The van der Waals surface area contributed by atoms with Gasteiger partial charge in [0.2, 0.25) is 15.9 Å². The van der Waals surface area contributed by atoms with E-state index in [-0.39, 0.29) is 23.4 Å². The quantitative estimate of drug-likeness (QED) is 0.650. The first-order valence-corrected chi connectivity index (χ1v) is 12.0. The maximum atomic E-state index is 12.9. The molecule has 0 radical (unpaired) electrons. The minimum Gasteiger partial charge on any atom is -0.356 e. The number of piperidine rings is 1. The summed E-state index contributed by atoms with van der Waals surface area (Å²) >= 11 is 0. The molecule has 1 N–H and O–H groups in total. The molecule has 5 nitrogen and oxygen atoms in total. The Bertz CT molecular complexity index is 935. The lowest BCUT2D eigenvalue weighted by Gasteiger charge is -2.30. The zero-order chi connectivity index (χ0) is 21.6. The highest BCUT2D eigenvalue weighted by molar-refractivity contribution is 7.88. The standard InChI is InChI=1S/C23H29FN2O3S/c1-18-4-6-20(7-5-18)17-30(28,29)26-15-12-21(13-16-26)23(27)25-14-2-3-19-8-10-22(24)11-9-19/h4-11,21H,2-3,12-17H2,1H3,(H,25,27). The molecule has 3 rings (SSSR count). The van der Waals surface area contributed by atoms with Gasteiger partial charge in [0.25, 0.3) is 0 Å². The molecule has 30 heavy (non-hydrogen) atoms. The van der Waals surface area contributed by atoms with Gasteiger partial charge >= 0.3 is 0 Å². The topological polar surface area (TPSA) is 66.5 Å². The number of rotatable bonds is 8. The van der Waals surface area contributed by atoms with E-state index in [4.69, 9.17) is 0 Å². The van der Waals surface area contributed by atoms with Gasteiger partial charge in [-0.25, -0.2) is 17.1 Å². The third-order valence-corrected chi connectivity index (χ3v) is 7.39. The summed E-state index contributed by atoms with van der Waals surface area (Å²) in [4.78, 5) is 12.4. The number of benzene rings is 2. The summed E-state index contributed by atoms with van der Waals surface area (Å²) in [6, 6.07) is 13.9. The van der Waals surface area contributed by atoms with E-state index in [0.717, 1.165) is 29.5 Å². The highest BCUT2D eigenvalue weighted by Gasteiger charge is 2.31. The molecule has 1 fully saturated rings. The normalized spacial score (nSPS) is 15.8. The molecule has 1 saturated heterocycles. The van der Waals surface area contributed by atoms with Gasteiger partial charge in [-0.2, -0.15) is 0 Å². The summed E-state index contributed by atoms with van der Waals surface area (Å²) in [5, 5.41) is 2.95. The average Bonchev–Trinajstić information content (AvgIpc) is 2.74. The number of nitrogens with zero attached hydrogens (tertiary/aromatic N) is 1. The first kappa shape index (κ1) is 22.4. The van der Waals surface area contributed by atoms with Crippen molar-refractivity contribution < 1.29 is 17.6 Å². The Hall–Kier alpha value is -2.25. The van der Waals surface area contributed by atoms with Crippen LogP contribution in [0.1, 0.15) is 36.0 Å². The van der Waals surface area contributed by atoms with Crippen LogP contribution in [0, 0.1) is 18.7 Å². The summed E-state index contributed by atoms with van der Waals surface area (Å²) < 4.78 is 39.8. The molecule has 0 atom stereocenters. The number of carbonyl (C=O) groups is 1.